The third-order valence-corrected chi connectivity index (χ3v) is 4.79. The third-order valence-electron chi connectivity index (χ3n) is 4.79. The number of phenols is 1. The van der Waals surface area contributed by atoms with Crippen LogP contribution in [0, 0.1) is 0 Å². The molecule has 0 heterocycles. The van der Waals surface area contributed by atoms with Crippen LogP contribution in [0.2, 0.25) is 0 Å². The summed E-state index contributed by atoms with van der Waals surface area (Å²) in [5.74, 6) is -6.11. The fraction of sp³-hybridized carbons (Fsp3) is 0.429. The van der Waals surface area contributed by atoms with Crippen LogP contribution in [-0.2, 0) is 35.2 Å². The van der Waals surface area contributed by atoms with E-state index in [1.54, 1.807) is 0 Å². The summed E-state index contributed by atoms with van der Waals surface area (Å²) in [5, 5.41) is 34.3. The average molecular weight is 495 g/mol. The van der Waals surface area contributed by atoms with Gasteiger partial charge < -0.3 is 42.7 Å². The maximum absolute atomic E-state index is 12.9. The van der Waals surface area contributed by atoms with E-state index < -0.39 is 66.2 Å². The van der Waals surface area contributed by atoms with Crippen LogP contribution in [0.25, 0.3) is 0 Å². The summed E-state index contributed by atoms with van der Waals surface area (Å²) >= 11 is 0. The van der Waals surface area contributed by atoms with E-state index >= 15 is 0 Å². The van der Waals surface area contributed by atoms with E-state index in [9.17, 15) is 39.0 Å². The van der Waals surface area contributed by atoms with Crippen LogP contribution >= 0.6 is 0 Å². The van der Waals surface area contributed by atoms with Gasteiger partial charge in [0.1, 0.15) is 23.9 Å². The fourth-order valence-electron chi connectivity index (χ4n) is 2.86. The molecule has 0 aliphatic rings. The molecule has 0 aromatic heterocycles. The number of nitrogens with one attached hydrogen (secondary N) is 3. The van der Waals surface area contributed by atoms with Gasteiger partial charge in [-0.25, -0.2) is 4.79 Å². The minimum atomic E-state index is -1.44. The molecule has 0 spiro atoms. The molecule has 0 saturated heterocycles. The summed E-state index contributed by atoms with van der Waals surface area (Å²) in [4.78, 5) is 70.6. The van der Waals surface area contributed by atoms with Crippen molar-refractivity contribution < 1.29 is 44.1 Å². The summed E-state index contributed by atoms with van der Waals surface area (Å²) in [6.45, 7) is 1.27. The maximum atomic E-state index is 12.9. The van der Waals surface area contributed by atoms with Crippen molar-refractivity contribution in [3.63, 3.8) is 0 Å². The molecule has 192 valence electrons. The van der Waals surface area contributed by atoms with Gasteiger partial charge in [0.25, 0.3) is 0 Å². The van der Waals surface area contributed by atoms with E-state index in [-0.39, 0.29) is 25.0 Å². The Hall–Kier alpha value is -4.20. The summed E-state index contributed by atoms with van der Waals surface area (Å²) in [7, 11) is 0. The lowest BCUT2D eigenvalue weighted by atomic mass is 10.0. The quantitative estimate of drug-likeness (QED) is 0.135. The second-order valence-corrected chi connectivity index (χ2v) is 7.77. The number of hydrogen-bond acceptors (Lipinski definition) is 8. The first-order chi connectivity index (χ1) is 16.3. The van der Waals surface area contributed by atoms with Crippen molar-refractivity contribution in [2.24, 2.45) is 11.5 Å². The number of carbonyl (C=O) groups excluding carboxylic acids is 4. The highest BCUT2D eigenvalue weighted by atomic mass is 16.4. The van der Waals surface area contributed by atoms with Crippen LogP contribution in [0.4, 0.5) is 0 Å². The number of benzene rings is 1. The number of nitrogens with two attached hydrogens (primary N) is 2. The smallest absolute Gasteiger partial charge is 0.326 e. The Labute approximate surface area is 200 Å². The molecular formula is C21H29N5O9. The molecule has 0 fully saturated rings. The summed E-state index contributed by atoms with van der Waals surface area (Å²) in [6, 6.07) is 0.307. The number of carboxylic acid groups (broad SMARTS) is 2. The maximum Gasteiger partial charge on any atom is 0.326 e. The van der Waals surface area contributed by atoms with E-state index in [0.29, 0.717) is 5.56 Å². The molecule has 1 aromatic rings. The molecule has 10 N–H and O–H groups in total. The molecule has 4 atom stereocenters. The molecule has 0 bridgehead atoms. The Balaban J connectivity index is 2.93. The van der Waals surface area contributed by atoms with Crippen molar-refractivity contribution >= 4 is 35.6 Å². The van der Waals surface area contributed by atoms with Crippen molar-refractivity contribution in [2.75, 3.05) is 0 Å². The highest BCUT2D eigenvalue weighted by Gasteiger charge is 2.29. The van der Waals surface area contributed by atoms with Crippen molar-refractivity contribution in [3.05, 3.63) is 29.8 Å². The molecule has 4 unspecified atom stereocenters. The molecular weight excluding hydrogens is 466 g/mol. The molecule has 14 nitrogen and oxygen atoms in total. The van der Waals surface area contributed by atoms with Gasteiger partial charge in [0, 0.05) is 12.8 Å². The second kappa shape index (κ2) is 13.5. The molecule has 35 heavy (non-hydrogen) atoms. The Morgan fingerprint density at radius 3 is 1.97 bits per heavy atom. The number of primary amides is 1. The second-order valence-electron chi connectivity index (χ2n) is 7.77. The predicted molar refractivity (Wildman–Crippen MR) is 120 cm³/mol. The van der Waals surface area contributed by atoms with Gasteiger partial charge in [0.05, 0.1) is 12.5 Å². The van der Waals surface area contributed by atoms with Crippen molar-refractivity contribution in [3.8, 4) is 5.75 Å². The van der Waals surface area contributed by atoms with Gasteiger partial charge in [-0.05, 0) is 31.0 Å². The molecule has 0 radical (unpaired) electrons. The molecule has 14 heteroatoms. The Kier molecular flexibility index (Phi) is 11.1. The van der Waals surface area contributed by atoms with Crippen molar-refractivity contribution in [2.45, 2.75) is 56.8 Å². The Morgan fingerprint density at radius 1 is 0.886 bits per heavy atom. The number of carboxylic acids is 2. The van der Waals surface area contributed by atoms with Gasteiger partial charge in [0.15, 0.2) is 0 Å². The van der Waals surface area contributed by atoms with E-state index in [2.05, 4.69) is 16.0 Å². The summed E-state index contributed by atoms with van der Waals surface area (Å²) < 4.78 is 0. The normalized spacial score (nSPS) is 14.0. The monoisotopic (exact) mass is 495 g/mol. The molecule has 4 amide bonds. The summed E-state index contributed by atoms with van der Waals surface area (Å²) in [5.41, 5.74) is 11.1. The van der Waals surface area contributed by atoms with Gasteiger partial charge in [0.2, 0.25) is 23.6 Å². The highest BCUT2D eigenvalue weighted by Crippen LogP contribution is 2.12. The van der Waals surface area contributed by atoms with Gasteiger partial charge in [-0.1, -0.05) is 12.1 Å². The molecule has 0 aliphatic heterocycles. The minimum Gasteiger partial charge on any atom is -0.508 e. The van der Waals surface area contributed by atoms with Gasteiger partial charge >= 0.3 is 11.9 Å². The zero-order chi connectivity index (χ0) is 26.7. The van der Waals surface area contributed by atoms with Gasteiger partial charge in [-0.2, -0.15) is 0 Å². The van der Waals surface area contributed by atoms with E-state index in [4.69, 9.17) is 16.6 Å². The first-order valence-electron chi connectivity index (χ1n) is 10.5. The van der Waals surface area contributed by atoms with Gasteiger partial charge in [-0.15, -0.1) is 0 Å². The van der Waals surface area contributed by atoms with Crippen LogP contribution in [-0.4, -0.2) is 75.1 Å². The minimum absolute atomic E-state index is 0.0307. The van der Waals surface area contributed by atoms with Gasteiger partial charge in [-0.3, -0.25) is 24.0 Å². The number of phenolic OH excluding ortho intramolecular Hbond substituents is 1. The number of rotatable bonds is 14. The fourth-order valence-corrected chi connectivity index (χ4v) is 2.86. The SMILES string of the molecule is CC(NC(=O)C(Cc1ccc(O)cc1)NC(=O)C(N)CC(=O)O)C(=O)NC(CCC(N)=O)C(=O)O. The molecule has 0 saturated carbocycles. The number of aliphatic carboxylic acids is 2. The van der Waals surface area contributed by atoms with Crippen LogP contribution < -0.4 is 27.4 Å². The Morgan fingerprint density at radius 2 is 1.46 bits per heavy atom. The van der Waals surface area contributed by atoms with E-state index in [1.807, 2.05) is 0 Å². The van der Waals surface area contributed by atoms with Crippen LogP contribution in [0.3, 0.4) is 0 Å². The van der Waals surface area contributed by atoms with Crippen molar-refractivity contribution in [1.29, 1.82) is 0 Å². The number of amides is 4. The topological polar surface area (TPSA) is 251 Å². The number of carbonyl (C=O) groups is 6. The lowest BCUT2D eigenvalue weighted by Gasteiger charge is -2.23. The van der Waals surface area contributed by atoms with Crippen molar-refractivity contribution in [1.82, 2.24) is 16.0 Å². The third kappa shape index (κ3) is 10.5. The first-order valence-corrected chi connectivity index (χ1v) is 10.5. The van der Waals surface area contributed by atoms with E-state index in [0.717, 1.165) is 0 Å². The standard InChI is InChI=1S/C21H29N5O9/c1-10(18(31)25-14(21(34)35)6-7-16(23)28)24-20(33)15(8-11-2-4-12(27)5-3-11)26-19(32)13(22)9-17(29)30/h2-5,10,13-15,27H,6-9,22H2,1H3,(H2,23,28)(H,24,33)(H,25,31)(H,26,32)(H,29,30)(H,34,35). The number of aromatic hydroxyl groups is 1. The largest absolute Gasteiger partial charge is 0.508 e. The van der Waals surface area contributed by atoms with E-state index in [1.165, 1.54) is 31.2 Å². The molecule has 1 rings (SSSR count). The molecule has 1 aromatic carbocycles. The predicted octanol–water partition coefficient (Wildman–Crippen LogP) is -2.44. The van der Waals surface area contributed by atoms with Crippen LogP contribution in [0.5, 0.6) is 5.75 Å². The zero-order valence-corrected chi connectivity index (χ0v) is 18.9. The Bertz CT molecular complexity index is 951. The zero-order valence-electron chi connectivity index (χ0n) is 18.9. The van der Waals surface area contributed by atoms with Crippen LogP contribution in [0.1, 0.15) is 31.7 Å². The lowest BCUT2D eigenvalue weighted by Crippen LogP contribution is -2.57. The number of hydrogen-bond donors (Lipinski definition) is 8. The molecule has 0 aliphatic carbocycles. The highest BCUT2D eigenvalue weighted by molar-refractivity contribution is 5.94. The first kappa shape index (κ1) is 28.8. The lowest BCUT2D eigenvalue weighted by molar-refractivity contribution is -0.142. The average Bonchev–Trinajstić information content (AvgIpc) is 2.76. The summed E-state index contributed by atoms with van der Waals surface area (Å²) in [6.07, 6.45) is -1.31. The van der Waals surface area contributed by atoms with Crippen LogP contribution in [0.15, 0.2) is 24.3 Å².